The standard InChI is InChI=1S/C9H10N2O/c1-6-3-7(5-10)9(12-2)8(11)4-6/h3-4H,11H2,1-2H3. The molecule has 1 aromatic carbocycles. The summed E-state index contributed by atoms with van der Waals surface area (Å²) in [5, 5.41) is 8.71. The summed E-state index contributed by atoms with van der Waals surface area (Å²) in [7, 11) is 1.50. The van der Waals surface area contributed by atoms with Crippen LogP contribution in [0.1, 0.15) is 11.1 Å². The maximum atomic E-state index is 8.71. The average molecular weight is 162 g/mol. The highest BCUT2D eigenvalue weighted by atomic mass is 16.5. The van der Waals surface area contributed by atoms with Gasteiger partial charge in [0, 0.05) is 0 Å². The van der Waals surface area contributed by atoms with Crippen LogP contribution in [0, 0.1) is 18.3 Å². The molecular formula is C9H10N2O. The van der Waals surface area contributed by atoms with E-state index in [4.69, 9.17) is 15.7 Å². The van der Waals surface area contributed by atoms with E-state index in [1.165, 1.54) is 7.11 Å². The van der Waals surface area contributed by atoms with Gasteiger partial charge >= 0.3 is 0 Å². The number of nitrogens with zero attached hydrogens (tertiary/aromatic N) is 1. The lowest BCUT2D eigenvalue weighted by Crippen LogP contribution is -1.96. The fraction of sp³-hybridized carbons (Fsp3) is 0.222. The largest absolute Gasteiger partial charge is 0.493 e. The van der Waals surface area contributed by atoms with Gasteiger partial charge in [-0.1, -0.05) is 0 Å². The fourth-order valence-corrected chi connectivity index (χ4v) is 1.11. The van der Waals surface area contributed by atoms with Crippen LogP contribution in [-0.2, 0) is 0 Å². The molecule has 0 atom stereocenters. The van der Waals surface area contributed by atoms with Gasteiger partial charge < -0.3 is 10.5 Å². The molecule has 3 nitrogen and oxygen atoms in total. The second-order valence-electron chi connectivity index (χ2n) is 2.55. The summed E-state index contributed by atoms with van der Waals surface area (Å²) in [5.41, 5.74) is 7.58. The Bertz CT molecular complexity index is 339. The second-order valence-corrected chi connectivity index (χ2v) is 2.55. The van der Waals surface area contributed by atoms with Gasteiger partial charge in [-0.15, -0.1) is 0 Å². The second kappa shape index (κ2) is 3.14. The van der Waals surface area contributed by atoms with Crippen molar-refractivity contribution in [1.82, 2.24) is 0 Å². The van der Waals surface area contributed by atoms with Crippen LogP contribution in [0.4, 0.5) is 5.69 Å². The molecule has 0 aliphatic heterocycles. The van der Waals surface area contributed by atoms with Crippen LogP contribution < -0.4 is 10.5 Å². The number of hydrogen-bond donors (Lipinski definition) is 1. The Morgan fingerprint density at radius 1 is 1.50 bits per heavy atom. The number of rotatable bonds is 1. The molecule has 0 aliphatic carbocycles. The van der Waals surface area contributed by atoms with Gasteiger partial charge in [-0.25, -0.2) is 0 Å². The van der Waals surface area contributed by atoms with Crippen molar-refractivity contribution in [3.8, 4) is 11.8 Å². The maximum Gasteiger partial charge on any atom is 0.159 e. The molecule has 0 aliphatic rings. The van der Waals surface area contributed by atoms with E-state index in [2.05, 4.69) is 0 Å². The Balaban J connectivity index is 3.36. The smallest absolute Gasteiger partial charge is 0.159 e. The predicted octanol–water partition coefficient (Wildman–Crippen LogP) is 1.46. The summed E-state index contributed by atoms with van der Waals surface area (Å²) in [4.78, 5) is 0. The summed E-state index contributed by atoms with van der Waals surface area (Å²) in [5.74, 6) is 0.461. The van der Waals surface area contributed by atoms with Crippen LogP contribution in [0.5, 0.6) is 5.75 Å². The molecule has 3 heteroatoms. The SMILES string of the molecule is COc1c(N)cc(C)cc1C#N. The first-order chi connectivity index (χ1) is 5.69. The summed E-state index contributed by atoms with van der Waals surface area (Å²) in [6, 6.07) is 5.55. The molecule has 12 heavy (non-hydrogen) atoms. The minimum absolute atomic E-state index is 0.461. The third kappa shape index (κ3) is 1.32. The third-order valence-corrected chi connectivity index (χ3v) is 1.59. The lowest BCUT2D eigenvalue weighted by molar-refractivity contribution is 0.415. The van der Waals surface area contributed by atoms with Gasteiger partial charge in [-0.3, -0.25) is 0 Å². The van der Waals surface area contributed by atoms with Crippen LogP contribution in [0.15, 0.2) is 12.1 Å². The van der Waals surface area contributed by atoms with Crippen molar-refractivity contribution in [3.05, 3.63) is 23.3 Å². The topological polar surface area (TPSA) is 59.0 Å². The molecule has 62 valence electrons. The Morgan fingerprint density at radius 3 is 2.67 bits per heavy atom. The molecule has 0 bridgehead atoms. The van der Waals surface area contributed by atoms with Crippen molar-refractivity contribution >= 4 is 5.69 Å². The van der Waals surface area contributed by atoms with E-state index < -0.39 is 0 Å². The molecule has 0 heterocycles. The fourth-order valence-electron chi connectivity index (χ4n) is 1.11. The highest BCUT2D eigenvalue weighted by molar-refractivity contribution is 5.62. The van der Waals surface area contributed by atoms with E-state index in [0.717, 1.165) is 5.56 Å². The van der Waals surface area contributed by atoms with Gasteiger partial charge in [0.15, 0.2) is 5.75 Å². The maximum absolute atomic E-state index is 8.71. The third-order valence-electron chi connectivity index (χ3n) is 1.59. The van der Waals surface area contributed by atoms with Crippen molar-refractivity contribution in [1.29, 1.82) is 5.26 Å². The van der Waals surface area contributed by atoms with E-state index in [9.17, 15) is 0 Å². The van der Waals surface area contributed by atoms with Gasteiger partial charge in [0.25, 0.3) is 0 Å². The molecule has 0 aromatic heterocycles. The molecule has 0 spiro atoms. The van der Waals surface area contributed by atoms with Gasteiger partial charge in [0.05, 0.1) is 18.4 Å². The van der Waals surface area contributed by atoms with Crippen molar-refractivity contribution < 1.29 is 4.74 Å². The summed E-state index contributed by atoms with van der Waals surface area (Å²) < 4.78 is 4.97. The minimum Gasteiger partial charge on any atom is -0.493 e. The molecule has 0 fully saturated rings. The van der Waals surface area contributed by atoms with Gasteiger partial charge in [-0.2, -0.15) is 5.26 Å². The number of methoxy groups -OCH3 is 1. The molecular weight excluding hydrogens is 152 g/mol. The number of nitrogens with two attached hydrogens (primary N) is 1. The first-order valence-corrected chi connectivity index (χ1v) is 3.53. The number of aryl methyl sites for hydroxylation is 1. The lowest BCUT2D eigenvalue weighted by Gasteiger charge is -2.06. The molecule has 0 unspecified atom stereocenters. The van der Waals surface area contributed by atoms with Crippen LogP contribution in [0.25, 0.3) is 0 Å². The van der Waals surface area contributed by atoms with Crippen molar-refractivity contribution in [3.63, 3.8) is 0 Å². The van der Waals surface area contributed by atoms with Crippen LogP contribution in [0.3, 0.4) is 0 Å². The molecule has 0 saturated carbocycles. The molecule has 1 rings (SSSR count). The molecule has 0 amide bonds. The first-order valence-electron chi connectivity index (χ1n) is 3.53. The number of nitriles is 1. The Labute approximate surface area is 71.4 Å². The van der Waals surface area contributed by atoms with E-state index in [1.54, 1.807) is 12.1 Å². The molecule has 1 aromatic rings. The highest BCUT2D eigenvalue weighted by Gasteiger charge is 2.06. The number of ether oxygens (including phenoxy) is 1. The molecule has 2 N–H and O–H groups in total. The monoisotopic (exact) mass is 162 g/mol. The molecule has 0 radical (unpaired) electrons. The van der Waals surface area contributed by atoms with Crippen LogP contribution in [-0.4, -0.2) is 7.11 Å². The quantitative estimate of drug-likeness (QED) is 0.636. The number of benzene rings is 1. The van der Waals surface area contributed by atoms with E-state index >= 15 is 0 Å². The van der Waals surface area contributed by atoms with Crippen molar-refractivity contribution in [2.45, 2.75) is 6.92 Å². The zero-order valence-corrected chi connectivity index (χ0v) is 7.09. The predicted molar refractivity (Wildman–Crippen MR) is 46.9 cm³/mol. The zero-order valence-electron chi connectivity index (χ0n) is 7.09. The van der Waals surface area contributed by atoms with Crippen LogP contribution in [0.2, 0.25) is 0 Å². The summed E-state index contributed by atoms with van der Waals surface area (Å²) in [6.07, 6.45) is 0. The summed E-state index contributed by atoms with van der Waals surface area (Å²) >= 11 is 0. The van der Waals surface area contributed by atoms with Crippen LogP contribution >= 0.6 is 0 Å². The Morgan fingerprint density at radius 2 is 2.17 bits per heavy atom. The van der Waals surface area contributed by atoms with Gasteiger partial charge in [0.2, 0.25) is 0 Å². The van der Waals surface area contributed by atoms with Crippen molar-refractivity contribution in [2.24, 2.45) is 0 Å². The van der Waals surface area contributed by atoms with E-state index in [1.807, 2.05) is 13.0 Å². The average Bonchev–Trinajstić information content (AvgIpc) is 2.03. The molecule has 0 saturated heterocycles. The highest BCUT2D eigenvalue weighted by Crippen LogP contribution is 2.26. The normalized spacial score (nSPS) is 9.08. The number of hydrogen-bond acceptors (Lipinski definition) is 3. The van der Waals surface area contributed by atoms with E-state index in [-0.39, 0.29) is 0 Å². The number of anilines is 1. The van der Waals surface area contributed by atoms with Crippen molar-refractivity contribution in [2.75, 3.05) is 12.8 Å². The number of nitrogen functional groups attached to an aromatic ring is 1. The lowest BCUT2D eigenvalue weighted by atomic mass is 10.1. The van der Waals surface area contributed by atoms with Gasteiger partial charge in [0.1, 0.15) is 6.07 Å². The first kappa shape index (κ1) is 8.41. The summed E-state index contributed by atoms with van der Waals surface area (Å²) in [6.45, 7) is 1.89. The minimum atomic E-state index is 0.461. The Hall–Kier alpha value is -1.69. The van der Waals surface area contributed by atoms with Gasteiger partial charge in [-0.05, 0) is 24.6 Å². The Kier molecular flexibility index (Phi) is 2.20. The van der Waals surface area contributed by atoms with E-state index in [0.29, 0.717) is 17.0 Å². The zero-order chi connectivity index (χ0) is 9.14.